The van der Waals surface area contributed by atoms with Crippen LogP contribution in [0.1, 0.15) is 39.2 Å². The van der Waals surface area contributed by atoms with E-state index in [1.54, 1.807) is 0 Å². The lowest BCUT2D eigenvalue weighted by atomic mass is 9.94. The maximum atomic E-state index is 11.5. The lowest BCUT2D eigenvalue weighted by Gasteiger charge is -2.25. The third kappa shape index (κ3) is 2.28. The Balaban J connectivity index is 2.15. The second-order valence-electron chi connectivity index (χ2n) is 5.28. The summed E-state index contributed by atoms with van der Waals surface area (Å²) in [6.07, 6.45) is 0.843. The van der Waals surface area contributed by atoms with E-state index in [9.17, 15) is 4.79 Å². The Morgan fingerprint density at radius 1 is 1.52 bits per heavy atom. The number of carbonyl (C=O) groups is 1. The van der Waals surface area contributed by atoms with E-state index in [4.69, 9.17) is 5.73 Å². The van der Waals surface area contributed by atoms with E-state index < -0.39 is 5.91 Å². The molecule has 0 spiro atoms. The lowest BCUT2D eigenvalue weighted by molar-refractivity contribution is 0.0987. The summed E-state index contributed by atoms with van der Waals surface area (Å²) in [4.78, 5) is 16.0. The number of carbonyl (C=O) groups excluding carboxylic acids is 1. The summed E-state index contributed by atoms with van der Waals surface area (Å²) in [7, 11) is 1.85. The number of rotatable bonds is 2. The standard InChI is InChI=1S/C15H17BrN4O/c1-8-9(4-3-5-10(8)16)12-13-11(6-7-18-12)20(2)15(19-13)14(17)21/h3-5,12,18H,6-7H2,1-2H3,(H2,17,21). The first-order chi connectivity index (χ1) is 10.0. The van der Waals surface area contributed by atoms with Crippen LogP contribution in [0.15, 0.2) is 22.7 Å². The monoisotopic (exact) mass is 348 g/mol. The van der Waals surface area contributed by atoms with Crippen molar-refractivity contribution in [3.05, 3.63) is 51.0 Å². The molecule has 3 rings (SSSR count). The zero-order valence-corrected chi connectivity index (χ0v) is 13.6. The molecule has 1 atom stereocenters. The van der Waals surface area contributed by atoms with Crippen LogP contribution in [0.3, 0.4) is 0 Å². The fraction of sp³-hybridized carbons (Fsp3) is 0.333. The van der Waals surface area contributed by atoms with Crippen molar-refractivity contribution in [3.63, 3.8) is 0 Å². The second-order valence-corrected chi connectivity index (χ2v) is 6.14. The second kappa shape index (κ2) is 5.27. The Bertz CT molecular complexity index is 723. The van der Waals surface area contributed by atoms with Crippen LogP contribution in [0.4, 0.5) is 0 Å². The van der Waals surface area contributed by atoms with Gasteiger partial charge in [0.15, 0.2) is 5.82 Å². The molecule has 1 amide bonds. The molecule has 5 nitrogen and oxygen atoms in total. The molecule has 1 aromatic carbocycles. The fourth-order valence-electron chi connectivity index (χ4n) is 2.93. The van der Waals surface area contributed by atoms with Crippen molar-refractivity contribution in [1.82, 2.24) is 14.9 Å². The Labute approximate surface area is 131 Å². The van der Waals surface area contributed by atoms with Gasteiger partial charge in [-0.05, 0) is 24.1 Å². The molecule has 1 unspecified atom stereocenters. The molecule has 110 valence electrons. The summed E-state index contributed by atoms with van der Waals surface area (Å²) in [5.74, 6) is -0.169. The molecule has 0 fully saturated rings. The first-order valence-corrected chi connectivity index (χ1v) is 7.63. The van der Waals surface area contributed by atoms with E-state index in [1.807, 2.05) is 23.7 Å². The van der Waals surface area contributed by atoms with Gasteiger partial charge >= 0.3 is 0 Å². The molecule has 1 aromatic heterocycles. The highest BCUT2D eigenvalue weighted by molar-refractivity contribution is 9.10. The van der Waals surface area contributed by atoms with E-state index in [2.05, 4.69) is 39.2 Å². The van der Waals surface area contributed by atoms with E-state index in [0.717, 1.165) is 28.8 Å². The quantitative estimate of drug-likeness (QED) is 0.869. The number of nitrogens with two attached hydrogens (primary N) is 1. The van der Waals surface area contributed by atoms with Gasteiger partial charge in [-0.15, -0.1) is 0 Å². The van der Waals surface area contributed by atoms with Gasteiger partial charge in [-0.3, -0.25) is 4.79 Å². The molecular weight excluding hydrogens is 332 g/mol. The minimum atomic E-state index is -0.489. The van der Waals surface area contributed by atoms with Crippen LogP contribution < -0.4 is 11.1 Å². The molecule has 2 heterocycles. The number of hydrogen-bond acceptors (Lipinski definition) is 3. The van der Waals surface area contributed by atoms with Crippen molar-refractivity contribution < 1.29 is 4.79 Å². The number of halogens is 1. The average molecular weight is 349 g/mol. The zero-order chi connectivity index (χ0) is 15.1. The minimum Gasteiger partial charge on any atom is -0.363 e. The third-order valence-corrected chi connectivity index (χ3v) is 4.93. The van der Waals surface area contributed by atoms with E-state index >= 15 is 0 Å². The van der Waals surface area contributed by atoms with Crippen LogP contribution in [-0.2, 0) is 13.5 Å². The van der Waals surface area contributed by atoms with Gasteiger partial charge in [-0.2, -0.15) is 0 Å². The van der Waals surface area contributed by atoms with Gasteiger partial charge in [0, 0.05) is 30.2 Å². The number of amides is 1. The molecule has 2 aromatic rings. The summed E-state index contributed by atoms with van der Waals surface area (Å²) in [6.45, 7) is 2.93. The number of imidazole rings is 1. The fourth-order valence-corrected chi connectivity index (χ4v) is 3.31. The molecule has 0 bridgehead atoms. The largest absolute Gasteiger partial charge is 0.363 e. The normalized spacial score (nSPS) is 17.6. The van der Waals surface area contributed by atoms with Crippen molar-refractivity contribution in [1.29, 1.82) is 0 Å². The number of hydrogen-bond donors (Lipinski definition) is 2. The topological polar surface area (TPSA) is 72.9 Å². The van der Waals surface area contributed by atoms with E-state index in [1.165, 1.54) is 11.1 Å². The number of nitrogens with one attached hydrogen (secondary N) is 1. The van der Waals surface area contributed by atoms with Crippen LogP contribution in [0.2, 0.25) is 0 Å². The van der Waals surface area contributed by atoms with Gasteiger partial charge in [-0.25, -0.2) is 4.98 Å². The SMILES string of the molecule is Cc1c(Br)cccc1C1NCCc2c1nc(C(N)=O)n2C. The Hall–Kier alpha value is -1.66. The number of primary amides is 1. The van der Waals surface area contributed by atoms with Crippen LogP contribution in [0.5, 0.6) is 0 Å². The predicted octanol–water partition coefficient (Wildman–Crippen LogP) is 1.83. The molecule has 0 saturated carbocycles. The first-order valence-electron chi connectivity index (χ1n) is 6.84. The molecule has 0 saturated heterocycles. The Morgan fingerprint density at radius 2 is 2.29 bits per heavy atom. The minimum absolute atomic E-state index is 0.00875. The summed E-state index contributed by atoms with van der Waals surface area (Å²) < 4.78 is 2.89. The summed E-state index contributed by atoms with van der Waals surface area (Å²) in [6, 6.07) is 6.12. The molecular formula is C15H17BrN4O. The maximum absolute atomic E-state index is 11.5. The highest BCUT2D eigenvalue weighted by Gasteiger charge is 2.29. The molecule has 3 N–H and O–H groups in total. The number of fused-ring (bicyclic) bond motifs is 1. The summed E-state index contributed by atoms with van der Waals surface area (Å²) in [5.41, 5.74) is 9.73. The molecule has 0 radical (unpaired) electrons. The summed E-state index contributed by atoms with van der Waals surface area (Å²) >= 11 is 3.57. The van der Waals surface area contributed by atoms with Gasteiger partial charge in [0.1, 0.15) is 0 Å². The molecule has 21 heavy (non-hydrogen) atoms. The Kier molecular flexibility index (Phi) is 3.59. The van der Waals surface area contributed by atoms with E-state index in [0.29, 0.717) is 5.82 Å². The molecule has 6 heteroatoms. The van der Waals surface area contributed by atoms with Crippen molar-refractivity contribution in [2.75, 3.05) is 6.54 Å². The van der Waals surface area contributed by atoms with Crippen molar-refractivity contribution >= 4 is 21.8 Å². The summed E-state index contributed by atoms with van der Waals surface area (Å²) in [5, 5.41) is 3.49. The van der Waals surface area contributed by atoms with Crippen LogP contribution in [0, 0.1) is 6.92 Å². The Morgan fingerprint density at radius 3 is 3.00 bits per heavy atom. The van der Waals surface area contributed by atoms with Gasteiger partial charge in [0.25, 0.3) is 5.91 Å². The van der Waals surface area contributed by atoms with Gasteiger partial charge in [0.2, 0.25) is 0 Å². The van der Waals surface area contributed by atoms with E-state index in [-0.39, 0.29) is 6.04 Å². The highest BCUT2D eigenvalue weighted by Crippen LogP contribution is 2.32. The molecule has 0 aliphatic carbocycles. The van der Waals surface area contributed by atoms with Crippen LogP contribution in [-0.4, -0.2) is 22.0 Å². The first kappa shape index (κ1) is 14.3. The van der Waals surface area contributed by atoms with Crippen LogP contribution >= 0.6 is 15.9 Å². The number of aromatic nitrogens is 2. The average Bonchev–Trinajstić information content (AvgIpc) is 2.80. The predicted molar refractivity (Wildman–Crippen MR) is 84.2 cm³/mol. The van der Waals surface area contributed by atoms with Crippen LogP contribution in [0.25, 0.3) is 0 Å². The molecule has 1 aliphatic rings. The lowest BCUT2D eigenvalue weighted by Crippen LogP contribution is -2.31. The van der Waals surface area contributed by atoms with Crippen molar-refractivity contribution in [2.24, 2.45) is 12.8 Å². The zero-order valence-electron chi connectivity index (χ0n) is 12.0. The third-order valence-electron chi connectivity index (χ3n) is 4.07. The molecule has 1 aliphatic heterocycles. The number of benzene rings is 1. The smallest absolute Gasteiger partial charge is 0.284 e. The van der Waals surface area contributed by atoms with Gasteiger partial charge in [-0.1, -0.05) is 28.1 Å². The number of nitrogens with zero attached hydrogens (tertiary/aromatic N) is 2. The van der Waals surface area contributed by atoms with Crippen molar-refractivity contribution in [3.8, 4) is 0 Å². The van der Waals surface area contributed by atoms with Crippen molar-refractivity contribution in [2.45, 2.75) is 19.4 Å². The maximum Gasteiger partial charge on any atom is 0.284 e. The highest BCUT2D eigenvalue weighted by atomic mass is 79.9. The van der Waals surface area contributed by atoms with Gasteiger partial charge in [0.05, 0.1) is 11.7 Å². The van der Waals surface area contributed by atoms with Gasteiger partial charge < -0.3 is 15.6 Å².